The van der Waals surface area contributed by atoms with Crippen LogP contribution in [0.4, 0.5) is 11.4 Å². The van der Waals surface area contributed by atoms with Gasteiger partial charge in [0.05, 0.1) is 19.1 Å². The Labute approximate surface area is 142 Å². The normalized spacial score (nSPS) is 12.3. The maximum absolute atomic E-state index is 12.5. The van der Waals surface area contributed by atoms with Crippen LogP contribution < -0.4 is 14.4 Å². The zero-order chi connectivity index (χ0) is 17.7. The van der Waals surface area contributed by atoms with Crippen molar-refractivity contribution in [2.45, 2.75) is 13.0 Å². The van der Waals surface area contributed by atoms with Crippen molar-refractivity contribution >= 4 is 27.3 Å². The number of sulfonamides is 1. The molecule has 2 rings (SSSR count). The number of nitrogens with one attached hydrogen (secondary N) is 1. The lowest BCUT2D eigenvalue weighted by molar-refractivity contribution is -0.116. The SMILES string of the molecule is COc1ccc(NC(=O)C(C)N(c2ccccc2)S(C)(=O)=O)cc1. The van der Waals surface area contributed by atoms with Gasteiger partial charge < -0.3 is 10.1 Å². The van der Waals surface area contributed by atoms with Gasteiger partial charge in [0.1, 0.15) is 11.8 Å². The van der Waals surface area contributed by atoms with Gasteiger partial charge >= 0.3 is 0 Å². The number of amides is 1. The van der Waals surface area contributed by atoms with Gasteiger partial charge in [0, 0.05) is 5.69 Å². The van der Waals surface area contributed by atoms with Crippen LogP contribution in [0, 0.1) is 0 Å². The van der Waals surface area contributed by atoms with E-state index in [0.29, 0.717) is 17.1 Å². The summed E-state index contributed by atoms with van der Waals surface area (Å²) in [6.45, 7) is 1.55. The number of para-hydroxylation sites is 1. The zero-order valence-corrected chi connectivity index (χ0v) is 14.6. The molecule has 0 saturated carbocycles. The summed E-state index contributed by atoms with van der Waals surface area (Å²) in [4.78, 5) is 12.5. The first-order valence-electron chi connectivity index (χ1n) is 7.32. The van der Waals surface area contributed by atoms with Crippen LogP contribution in [0.15, 0.2) is 54.6 Å². The summed E-state index contributed by atoms with van der Waals surface area (Å²) in [5.41, 5.74) is 1.01. The second-order valence-electron chi connectivity index (χ2n) is 5.29. The Balaban J connectivity index is 2.22. The van der Waals surface area contributed by atoms with E-state index in [2.05, 4.69) is 5.32 Å². The van der Waals surface area contributed by atoms with E-state index in [0.717, 1.165) is 10.6 Å². The van der Waals surface area contributed by atoms with E-state index in [-0.39, 0.29) is 0 Å². The quantitative estimate of drug-likeness (QED) is 0.870. The average molecular weight is 348 g/mol. The van der Waals surface area contributed by atoms with Crippen molar-refractivity contribution in [2.75, 3.05) is 23.0 Å². The lowest BCUT2D eigenvalue weighted by Crippen LogP contribution is -2.45. The van der Waals surface area contributed by atoms with E-state index in [1.54, 1.807) is 68.6 Å². The molecule has 0 spiro atoms. The van der Waals surface area contributed by atoms with Gasteiger partial charge in [0.15, 0.2) is 0 Å². The molecule has 7 heteroatoms. The topological polar surface area (TPSA) is 75.7 Å². The van der Waals surface area contributed by atoms with Gasteiger partial charge in [0.25, 0.3) is 0 Å². The Kier molecular flexibility index (Phi) is 5.46. The molecule has 0 bridgehead atoms. The predicted molar refractivity (Wildman–Crippen MR) is 94.9 cm³/mol. The third-order valence-corrected chi connectivity index (χ3v) is 4.70. The van der Waals surface area contributed by atoms with E-state index in [1.165, 1.54) is 0 Å². The highest BCUT2D eigenvalue weighted by Crippen LogP contribution is 2.21. The number of methoxy groups -OCH3 is 1. The molecule has 1 unspecified atom stereocenters. The molecule has 0 fully saturated rings. The fourth-order valence-corrected chi connectivity index (χ4v) is 3.48. The highest BCUT2D eigenvalue weighted by molar-refractivity contribution is 7.92. The number of nitrogens with zero attached hydrogens (tertiary/aromatic N) is 1. The smallest absolute Gasteiger partial charge is 0.247 e. The fourth-order valence-electron chi connectivity index (χ4n) is 2.30. The van der Waals surface area contributed by atoms with Gasteiger partial charge in [-0.3, -0.25) is 9.10 Å². The highest BCUT2D eigenvalue weighted by atomic mass is 32.2. The van der Waals surface area contributed by atoms with Crippen LogP contribution in [-0.2, 0) is 14.8 Å². The predicted octanol–water partition coefficient (Wildman–Crippen LogP) is 2.49. The lowest BCUT2D eigenvalue weighted by Gasteiger charge is -2.28. The van der Waals surface area contributed by atoms with Crippen molar-refractivity contribution in [3.8, 4) is 5.75 Å². The Hall–Kier alpha value is -2.54. The lowest BCUT2D eigenvalue weighted by atomic mass is 10.2. The number of benzene rings is 2. The van der Waals surface area contributed by atoms with Gasteiger partial charge in [-0.15, -0.1) is 0 Å². The fraction of sp³-hybridized carbons (Fsp3) is 0.235. The molecular formula is C17H20N2O4S. The van der Waals surface area contributed by atoms with E-state index < -0.39 is 22.0 Å². The van der Waals surface area contributed by atoms with E-state index in [1.807, 2.05) is 0 Å². The molecule has 0 saturated heterocycles. The number of carbonyl (C=O) groups excluding carboxylic acids is 1. The number of hydrogen-bond donors (Lipinski definition) is 1. The largest absolute Gasteiger partial charge is 0.497 e. The summed E-state index contributed by atoms with van der Waals surface area (Å²) in [5.74, 6) is 0.248. The molecule has 2 aromatic rings. The summed E-state index contributed by atoms with van der Waals surface area (Å²) < 4.78 is 30.5. The second kappa shape index (κ2) is 7.35. The molecule has 1 N–H and O–H groups in total. The minimum absolute atomic E-state index is 0.422. The third-order valence-electron chi connectivity index (χ3n) is 3.46. The number of hydrogen-bond acceptors (Lipinski definition) is 4. The van der Waals surface area contributed by atoms with Crippen LogP contribution in [0.2, 0.25) is 0 Å². The number of carbonyl (C=O) groups is 1. The Bertz CT molecular complexity index is 789. The van der Waals surface area contributed by atoms with Crippen molar-refractivity contribution in [3.05, 3.63) is 54.6 Å². The number of ether oxygens (including phenoxy) is 1. The Morgan fingerprint density at radius 1 is 1.08 bits per heavy atom. The first-order valence-corrected chi connectivity index (χ1v) is 9.17. The second-order valence-corrected chi connectivity index (χ2v) is 7.15. The van der Waals surface area contributed by atoms with E-state index in [9.17, 15) is 13.2 Å². The molecule has 0 heterocycles. The number of rotatable bonds is 6. The van der Waals surface area contributed by atoms with Gasteiger partial charge in [-0.25, -0.2) is 8.42 Å². The zero-order valence-electron chi connectivity index (χ0n) is 13.8. The van der Waals surface area contributed by atoms with Crippen molar-refractivity contribution in [3.63, 3.8) is 0 Å². The van der Waals surface area contributed by atoms with Gasteiger partial charge in [0.2, 0.25) is 15.9 Å². The molecule has 1 atom stereocenters. The van der Waals surface area contributed by atoms with Gasteiger partial charge in [-0.2, -0.15) is 0 Å². The first-order chi connectivity index (χ1) is 11.3. The van der Waals surface area contributed by atoms with Crippen molar-refractivity contribution in [1.82, 2.24) is 0 Å². The van der Waals surface area contributed by atoms with Gasteiger partial charge in [-0.05, 0) is 43.3 Å². The third kappa shape index (κ3) is 4.26. The molecule has 0 aromatic heterocycles. The highest BCUT2D eigenvalue weighted by Gasteiger charge is 2.28. The number of anilines is 2. The molecule has 6 nitrogen and oxygen atoms in total. The maximum atomic E-state index is 12.5. The summed E-state index contributed by atoms with van der Waals surface area (Å²) in [7, 11) is -2.06. The van der Waals surface area contributed by atoms with Gasteiger partial charge in [-0.1, -0.05) is 18.2 Å². The molecule has 0 radical (unpaired) electrons. The van der Waals surface area contributed by atoms with Crippen LogP contribution in [0.5, 0.6) is 5.75 Å². The van der Waals surface area contributed by atoms with Crippen LogP contribution >= 0.6 is 0 Å². The Morgan fingerprint density at radius 3 is 2.17 bits per heavy atom. The van der Waals surface area contributed by atoms with Crippen molar-refractivity contribution in [2.24, 2.45) is 0 Å². The molecule has 0 aliphatic rings. The first kappa shape index (κ1) is 17.8. The summed E-state index contributed by atoms with van der Waals surface area (Å²) in [6, 6.07) is 14.4. The van der Waals surface area contributed by atoms with Crippen LogP contribution in [-0.4, -0.2) is 33.7 Å². The molecule has 128 valence electrons. The van der Waals surface area contributed by atoms with E-state index in [4.69, 9.17) is 4.74 Å². The van der Waals surface area contributed by atoms with Crippen molar-refractivity contribution in [1.29, 1.82) is 0 Å². The minimum atomic E-state index is -3.61. The average Bonchev–Trinajstić information content (AvgIpc) is 2.55. The van der Waals surface area contributed by atoms with E-state index >= 15 is 0 Å². The standard InChI is InChI=1S/C17H20N2O4S/c1-13(17(20)18-14-9-11-16(23-2)12-10-14)19(24(3,21)22)15-7-5-4-6-8-15/h4-13H,1-3H3,(H,18,20). The summed E-state index contributed by atoms with van der Waals surface area (Å²) >= 11 is 0. The van der Waals surface area contributed by atoms with Crippen LogP contribution in [0.25, 0.3) is 0 Å². The molecule has 1 amide bonds. The minimum Gasteiger partial charge on any atom is -0.497 e. The molecule has 24 heavy (non-hydrogen) atoms. The van der Waals surface area contributed by atoms with Crippen LogP contribution in [0.1, 0.15) is 6.92 Å². The Morgan fingerprint density at radius 2 is 1.67 bits per heavy atom. The summed E-state index contributed by atoms with van der Waals surface area (Å²) in [5, 5.41) is 2.71. The summed E-state index contributed by atoms with van der Waals surface area (Å²) in [6.07, 6.45) is 1.08. The molecule has 0 aliphatic carbocycles. The molecular weight excluding hydrogens is 328 g/mol. The van der Waals surface area contributed by atoms with Crippen LogP contribution in [0.3, 0.4) is 0 Å². The maximum Gasteiger partial charge on any atom is 0.247 e. The molecule has 0 aliphatic heterocycles. The molecule has 2 aromatic carbocycles. The monoisotopic (exact) mass is 348 g/mol. The van der Waals surface area contributed by atoms with Crippen molar-refractivity contribution < 1.29 is 17.9 Å².